The van der Waals surface area contributed by atoms with E-state index in [1.807, 2.05) is 12.3 Å². The second-order valence-corrected chi connectivity index (χ2v) is 6.97. The van der Waals surface area contributed by atoms with Crippen LogP contribution in [0.5, 0.6) is 0 Å². The largest absolute Gasteiger partial charge is 0.343 e. The number of aromatic nitrogens is 5. The fourth-order valence-corrected chi connectivity index (χ4v) is 4.00. The van der Waals surface area contributed by atoms with E-state index in [0.717, 1.165) is 18.5 Å². The van der Waals surface area contributed by atoms with Gasteiger partial charge in [-0.2, -0.15) is 0 Å². The Morgan fingerprint density at radius 3 is 3.00 bits per heavy atom. The van der Waals surface area contributed by atoms with Gasteiger partial charge in [-0.25, -0.2) is 14.9 Å². The highest BCUT2D eigenvalue weighted by molar-refractivity contribution is 7.98. The van der Waals surface area contributed by atoms with Gasteiger partial charge >= 0.3 is 5.69 Å². The Balaban J connectivity index is 1.81. The lowest BCUT2D eigenvalue weighted by atomic mass is 10.3. The zero-order chi connectivity index (χ0) is 16.4. The fourth-order valence-electron chi connectivity index (χ4n) is 2.24. The van der Waals surface area contributed by atoms with Crippen LogP contribution in [0.1, 0.15) is 31.2 Å². The minimum absolute atomic E-state index is 0.0743. The molecule has 9 heteroatoms. The van der Waals surface area contributed by atoms with Gasteiger partial charge in [0.05, 0.1) is 5.69 Å². The van der Waals surface area contributed by atoms with Gasteiger partial charge in [-0.15, -0.1) is 16.4 Å². The zero-order valence-corrected chi connectivity index (χ0v) is 14.5. The molecule has 0 saturated heterocycles. The molecule has 3 aromatic heterocycles. The first kappa shape index (κ1) is 16.0. The molecular formula is C14H17N5O2S2. The number of nitrogens with zero attached hydrogens (tertiary/aromatic N) is 4. The average Bonchev–Trinajstić information content (AvgIpc) is 3.07. The van der Waals surface area contributed by atoms with Crippen LogP contribution in [0, 0.1) is 6.92 Å². The van der Waals surface area contributed by atoms with Crippen molar-refractivity contribution in [3.63, 3.8) is 0 Å². The average molecular weight is 351 g/mol. The van der Waals surface area contributed by atoms with E-state index >= 15 is 0 Å². The van der Waals surface area contributed by atoms with Crippen molar-refractivity contribution in [3.05, 3.63) is 43.7 Å². The van der Waals surface area contributed by atoms with Gasteiger partial charge in [0.15, 0.2) is 10.1 Å². The summed E-state index contributed by atoms with van der Waals surface area (Å²) in [6, 6.07) is 1.54. The lowest BCUT2D eigenvalue weighted by Gasteiger charge is -2.04. The molecule has 0 atom stereocenters. The number of aromatic amines is 1. The number of rotatable bonds is 6. The minimum Gasteiger partial charge on any atom is -0.270 e. The van der Waals surface area contributed by atoms with E-state index in [2.05, 4.69) is 22.1 Å². The number of thioether (sulfide) groups is 1. The van der Waals surface area contributed by atoms with Gasteiger partial charge in [-0.1, -0.05) is 25.1 Å². The Morgan fingerprint density at radius 1 is 1.39 bits per heavy atom. The van der Waals surface area contributed by atoms with Crippen LogP contribution in [0.25, 0.3) is 4.96 Å². The number of hydrogen-bond acceptors (Lipinski definition) is 6. The quantitative estimate of drug-likeness (QED) is 0.687. The van der Waals surface area contributed by atoms with E-state index < -0.39 is 0 Å². The van der Waals surface area contributed by atoms with E-state index in [0.29, 0.717) is 28.1 Å². The van der Waals surface area contributed by atoms with Gasteiger partial charge in [-0.3, -0.25) is 13.8 Å². The van der Waals surface area contributed by atoms with E-state index in [1.165, 1.54) is 23.1 Å². The number of fused-ring (bicyclic) bond motifs is 1. The Kier molecular flexibility index (Phi) is 4.67. The van der Waals surface area contributed by atoms with Crippen molar-refractivity contribution in [1.29, 1.82) is 0 Å². The molecule has 7 nitrogen and oxygen atoms in total. The molecule has 1 N–H and O–H groups in total. The predicted molar refractivity (Wildman–Crippen MR) is 91.4 cm³/mol. The number of aryl methyl sites for hydroxylation is 1. The molecule has 3 rings (SSSR count). The first-order chi connectivity index (χ1) is 11.1. The van der Waals surface area contributed by atoms with Crippen molar-refractivity contribution in [1.82, 2.24) is 24.1 Å². The van der Waals surface area contributed by atoms with Gasteiger partial charge < -0.3 is 0 Å². The number of hydrogen-bond donors (Lipinski definition) is 1. The summed E-state index contributed by atoms with van der Waals surface area (Å²) in [4.78, 5) is 29.1. The van der Waals surface area contributed by atoms with E-state index in [9.17, 15) is 9.59 Å². The maximum absolute atomic E-state index is 12.1. The molecule has 0 aliphatic heterocycles. The second-order valence-electron chi connectivity index (χ2n) is 5.19. The monoisotopic (exact) mass is 351 g/mol. The van der Waals surface area contributed by atoms with Crippen LogP contribution in [0.4, 0.5) is 0 Å². The van der Waals surface area contributed by atoms with Gasteiger partial charge in [0.1, 0.15) is 0 Å². The van der Waals surface area contributed by atoms with E-state index in [1.54, 1.807) is 15.0 Å². The van der Waals surface area contributed by atoms with Gasteiger partial charge in [0.2, 0.25) is 0 Å². The normalized spacial score (nSPS) is 11.4. The Hall–Kier alpha value is -1.87. The molecule has 122 valence electrons. The van der Waals surface area contributed by atoms with Crippen LogP contribution in [0.2, 0.25) is 0 Å². The van der Waals surface area contributed by atoms with Crippen molar-refractivity contribution < 1.29 is 0 Å². The first-order valence-corrected chi connectivity index (χ1v) is 9.21. The third kappa shape index (κ3) is 3.25. The summed E-state index contributed by atoms with van der Waals surface area (Å²) in [7, 11) is 0. The Labute approximate surface area is 140 Å². The molecule has 0 aromatic carbocycles. The third-order valence-corrected chi connectivity index (χ3v) is 5.39. The molecule has 0 aliphatic carbocycles. The highest BCUT2D eigenvalue weighted by Crippen LogP contribution is 2.20. The molecule has 0 saturated carbocycles. The van der Waals surface area contributed by atoms with Crippen LogP contribution in [0.3, 0.4) is 0 Å². The predicted octanol–water partition coefficient (Wildman–Crippen LogP) is 2.04. The van der Waals surface area contributed by atoms with Crippen LogP contribution in [-0.4, -0.2) is 24.1 Å². The molecule has 0 spiro atoms. The summed E-state index contributed by atoms with van der Waals surface area (Å²) in [6.45, 7) is 4.61. The second kappa shape index (κ2) is 6.71. The first-order valence-electron chi connectivity index (χ1n) is 7.35. The summed E-state index contributed by atoms with van der Waals surface area (Å²) < 4.78 is 3.24. The molecule has 0 radical (unpaired) electrons. The van der Waals surface area contributed by atoms with E-state index in [4.69, 9.17) is 0 Å². The van der Waals surface area contributed by atoms with Gasteiger partial charge in [0.25, 0.3) is 5.56 Å². The van der Waals surface area contributed by atoms with Gasteiger partial charge in [0, 0.05) is 29.4 Å². The number of unbranched alkanes of at least 4 members (excludes halogenated alkanes) is 1. The highest BCUT2D eigenvalue weighted by atomic mass is 32.2. The molecular weight excluding hydrogens is 334 g/mol. The Bertz CT molecular complexity index is 937. The standard InChI is InChI=1S/C14H17N5O2S2/c1-3-4-5-18-12(21)16-17-14(18)23-8-10-6-11(20)19-9(2)7-22-13(19)15-10/h6-7H,3-5,8H2,1-2H3,(H,16,21). The molecule has 3 heterocycles. The topological polar surface area (TPSA) is 85.0 Å². The lowest BCUT2D eigenvalue weighted by Crippen LogP contribution is -2.17. The summed E-state index contributed by atoms with van der Waals surface area (Å²) in [5.74, 6) is 0.499. The molecule has 3 aromatic rings. The fraction of sp³-hybridized carbons (Fsp3) is 0.429. The van der Waals surface area contributed by atoms with Crippen molar-refractivity contribution in [2.24, 2.45) is 0 Å². The van der Waals surface area contributed by atoms with Crippen LogP contribution in [0.15, 0.2) is 26.2 Å². The smallest absolute Gasteiger partial charge is 0.270 e. The van der Waals surface area contributed by atoms with Crippen LogP contribution in [-0.2, 0) is 12.3 Å². The lowest BCUT2D eigenvalue weighted by molar-refractivity contribution is 0.573. The maximum Gasteiger partial charge on any atom is 0.343 e. The maximum atomic E-state index is 12.1. The molecule has 23 heavy (non-hydrogen) atoms. The van der Waals surface area contributed by atoms with Crippen LogP contribution < -0.4 is 11.2 Å². The molecule has 0 aliphatic rings. The van der Waals surface area contributed by atoms with Crippen LogP contribution >= 0.6 is 23.1 Å². The molecule has 0 amide bonds. The summed E-state index contributed by atoms with van der Waals surface area (Å²) in [5.41, 5.74) is 1.31. The molecule has 0 bridgehead atoms. The number of nitrogens with one attached hydrogen (secondary N) is 1. The highest BCUT2D eigenvalue weighted by Gasteiger charge is 2.11. The van der Waals surface area contributed by atoms with Gasteiger partial charge in [-0.05, 0) is 13.3 Å². The Morgan fingerprint density at radius 2 is 2.22 bits per heavy atom. The van der Waals surface area contributed by atoms with Crippen molar-refractivity contribution in [2.75, 3.05) is 0 Å². The van der Waals surface area contributed by atoms with Crippen molar-refractivity contribution in [2.45, 2.75) is 44.1 Å². The van der Waals surface area contributed by atoms with Crippen molar-refractivity contribution in [3.8, 4) is 0 Å². The SMILES string of the molecule is CCCCn1c(SCc2cc(=O)n3c(C)csc3n2)n[nH]c1=O. The zero-order valence-electron chi connectivity index (χ0n) is 12.9. The number of thiazole rings is 1. The number of H-pyrrole nitrogens is 1. The van der Waals surface area contributed by atoms with Crippen molar-refractivity contribution >= 4 is 28.1 Å². The molecule has 0 fully saturated rings. The van der Waals surface area contributed by atoms with E-state index in [-0.39, 0.29) is 11.2 Å². The summed E-state index contributed by atoms with van der Waals surface area (Å²) >= 11 is 2.86. The summed E-state index contributed by atoms with van der Waals surface area (Å²) in [5, 5.41) is 9.08. The molecule has 0 unspecified atom stereocenters. The third-order valence-electron chi connectivity index (χ3n) is 3.44. The minimum atomic E-state index is -0.196. The summed E-state index contributed by atoms with van der Waals surface area (Å²) in [6.07, 6.45) is 1.93.